The zero-order valence-electron chi connectivity index (χ0n) is 14.8. The fourth-order valence-electron chi connectivity index (χ4n) is 2.07. The predicted octanol–water partition coefficient (Wildman–Crippen LogP) is 3.64. The molecule has 2 aromatic rings. The van der Waals surface area contributed by atoms with Gasteiger partial charge in [0.2, 0.25) is 0 Å². The molecule has 6 heteroatoms. The fraction of sp³-hybridized carbons (Fsp3) is 0.263. The number of ether oxygens (including phenoxy) is 2. The second-order valence-electron chi connectivity index (χ2n) is 5.42. The maximum absolute atomic E-state index is 12.1. The van der Waals surface area contributed by atoms with Crippen LogP contribution in [-0.2, 0) is 4.79 Å². The Balaban J connectivity index is 1.92. The Morgan fingerprint density at radius 1 is 1.12 bits per heavy atom. The molecular weight excluding hydrogens is 336 g/mol. The van der Waals surface area contributed by atoms with Gasteiger partial charge in [-0.3, -0.25) is 4.79 Å². The van der Waals surface area contributed by atoms with Crippen molar-refractivity contribution in [3.05, 3.63) is 53.6 Å². The molecule has 25 heavy (non-hydrogen) atoms. The lowest BCUT2D eigenvalue weighted by Gasteiger charge is -2.10. The van der Waals surface area contributed by atoms with Gasteiger partial charge in [-0.2, -0.15) is 5.10 Å². The second-order valence-corrected chi connectivity index (χ2v) is 6.84. The van der Waals surface area contributed by atoms with Crippen LogP contribution in [0, 0.1) is 6.92 Å². The lowest BCUT2D eigenvalue weighted by Crippen LogP contribution is -2.26. The molecule has 1 amide bonds. The van der Waals surface area contributed by atoms with Crippen LogP contribution in [0.5, 0.6) is 11.5 Å². The zero-order chi connectivity index (χ0) is 18.2. The van der Waals surface area contributed by atoms with Crippen molar-refractivity contribution in [1.29, 1.82) is 0 Å². The topological polar surface area (TPSA) is 59.9 Å². The third-order valence-corrected chi connectivity index (χ3v) is 4.61. The number of hydrazone groups is 1. The van der Waals surface area contributed by atoms with Gasteiger partial charge in [-0.25, -0.2) is 5.43 Å². The van der Waals surface area contributed by atoms with Gasteiger partial charge < -0.3 is 9.47 Å². The van der Waals surface area contributed by atoms with Gasteiger partial charge in [0.05, 0.1) is 25.7 Å². The van der Waals surface area contributed by atoms with Crippen molar-refractivity contribution in [3.63, 3.8) is 0 Å². The lowest BCUT2D eigenvalue weighted by molar-refractivity contribution is -0.120. The van der Waals surface area contributed by atoms with Crippen LogP contribution in [0.15, 0.2) is 52.5 Å². The van der Waals surface area contributed by atoms with E-state index in [1.54, 1.807) is 32.6 Å². The molecule has 132 valence electrons. The van der Waals surface area contributed by atoms with Crippen LogP contribution in [0.1, 0.15) is 18.1 Å². The van der Waals surface area contributed by atoms with E-state index in [2.05, 4.69) is 10.5 Å². The van der Waals surface area contributed by atoms with Crippen molar-refractivity contribution >= 4 is 23.9 Å². The Morgan fingerprint density at radius 3 is 2.44 bits per heavy atom. The monoisotopic (exact) mass is 358 g/mol. The third-order valence-electron chi connectivity index (χ3n) is 3.50. The number of thioether (sulfide) groups is 1. The molecule has 0 aliphatic carbocycles. The zero-order valence-corrected chi connectivity index (χ0v) is 15.6. The fourth-order valence-corrected chi connectivity index (χ4v) is 2.93. The minimum absolute atomic E-state index is 0.151. The summed E-state index contributed by atoms with van der Waals surface area (Å²) in [4.78, 5) is 13.2. The summed E-state index contributed by atoms with van der Waals surface area (Å²) in [5, 5.41) is 3.77. The minimum Gasteiger partial charge on any atom is -0.493 e. The van der Waals surface area contributed by atoms with Crippen LogP contribution in [0.3, 0.4) is 0 Å². The highest BCUT2D eigenvalue weighted by Gasteiger charge is 2.13. The standard InChI is InChI=1S/C19H22N2O3S/c1-13-5-8-16(9-6-13)25-14(2)19(22)21-20-12-15-7-10-17(23-3)18(11-15)24-4/h5-12,14H,1-4H3,(H,21,22)/b20-12-/t14-/m1/s1. The minimum atomic E-state index is -0.245. The highest BCUT2D eigenvalue weighted by molar-refractivity contribution is 8.00. The number of rotatable bonds is 7. The molecule has 1 N–H and O–H groups in total. The van der Waals surface area contributed by atoms with Crippen molar-refractivity contribution in [1.82, 2.24) is 5.43 Å². The van der Waals surface area contributed by atoms with E-state index >= 15 is 0 Å². The molecule has 0 aliphatic rings. The maximum atomic E-state index is 12.1. The Kier molecular flexibility index (Phi) is 6.89. The molecule has 2 rings (SSSR count). The number of methoxy groups -OCH3 is 2. The SMILES string of the molecule is COc1ccc(/C=N\NC(=O)[C@@H](C)Sc2ccc(C)cc2)cc1OC. The Bertz CT molecular complexity index is 745. The van der Waals surface area contributed by atoms with Crippen LogP contribution in [0.2, 0.25) is 0 Å². The van der Waals surface area contributed by atoms with Crippen LogP contribution in [0.25, 0.3) is 0 Å². The molecule has 0 fully saturated rings. The molecule has 0 unspecified atom stereocenters. The van der Waals surface area contributed by atoms with Gasteiger partial charge in [0.15, 0.2) is 11.5 Å². The molecule has 0 saturated heterocycles. The number of nitrogens with one attached hydrogen (secondary N) is 1. The number of nitrogens with zero attached hydrogens (tertiary/aromatic N) is 1. The largest absolute Gasteiger partial charge is 0.493 e. The van der Waals surface area contributed by atoms with Crippen molar-refractivity contribution in [2.45, 2.75) is 24.0 Å². The van der Waals surface area contributed by atoms with E-state index < -0.39 is 0 Å². The maximum Gasteiger partial charge on any atom is 0.253 e. The smallest absolute Gasteiger partial charge is 0.253 e. The van der Waals surface area contributed by atoms with Gasteiger partial charge >= 0.3 is 0 Å². The summed E-state index contributed by atoms with van der Waals surface area (Å²) in [6.45, 7) is 3.89. The number of hydrogen-bond donors (Lipinski definition) is 1. The van der Waals surface area contributed by atoms with Crippen LogP contribution < -0.4 is 14.9 Å². The van der Waals surface area contributed by atoms with Gasteiger partial charge in [-0.15, -0.1) is 11.8 Å². The first kappa shape index (κ1) is 18.9. The van der Waals surface area contributed by atoms with E-state index in [4.69, 9.17) is 9.47 Å². The van der Waals surface area contributed by atoms with Crippen molar-refractivity contribution in [3.8, 4) is 11.5 Å². The average Bonchev–Trinajstić information content (AvgIpc) is 2.63. The lowest BCUT2D eigenvalue weighted by atomic mass is 10.2. The number of aryl methyl sites for hydroxylation is 1. The van der Waals surface area contributed by atoms with E-state index in [0.717, 1.165) is 10.5 Å². The summed E-state index contributed by atoms with van der Waals surface area (Å²) in [5.74, 6) is 1.11. The molecular formula is C19H22N2O3S. The Hall–Kier alpha value is -2.47. The van der Waals surface area contributed by atoms with Gasteiger partial charge in [0.25, 0.3) is 5.91 Å². The van der Waals surface area contributed by atoms with Gasteiger partial charge in [-0.1, -0.05) is 17.7 Å². The predicted molar refractivity (Wildman–Crippen MR) is 102 cm³/mol. The normalized spacial score (nSPS) is 12.0. The summed E-state index contributed by atoms with van der Waals surface area (Å²) < 4.78 is 10.4. The summed E-state index contributed by atoms with van der Waals surface area (Å²) in [5.41, 5.74) is 4.56. The van der Waals surface area contributed by atoms with E-state index in [9.17, 15) is 4.79 Å². The number of hydrogen-bond acceptors (Lipinski definition) is 5. The molecule has 0 aliphatic heterocycles. The van der Waals surface area contributed by atoms with Crippen LogP contribution >= 0.6 is 11.8 Å². The molecule has 0 radical (unpaired) electrons. The van der Waals surface area contributed by atoms with Crippen LogP contribution in [-0.4, -0.2) is 31.6 Å². The van der Waals surface area contributed by atoms with E-state index in [-0.39, 0.29) is 11.2 Å². The molecule has 0 saturated carbocycles. The summed E-state index contributed by atoms with van der Waals surface area (Å²) in [6, 6.07) is 13.5. The molecule has 0 heterocycles. The summed E-state index contributed by atoms with van der Waals surface area (Å²) in [7, 11) is 3.16. The van der Waals surface area contributed by atoms with E-state index in [1.807, 2.05) is 44.2 Å². The first-order valence-corrected chi connectivity index (χ1v) is 8.69. The van der Waals surface area contributed by atoms with Gasteiger partial charge in [-0.05, 0) is 49.7 Å². The molecule has 0 bridgehead atoms. The van der Waals surface area contributed by atoms with Crippen molar-refractivity contribution < 1.29 is 14.3 Å². The molecule has 5 nitrogen and oxygen atoms in total. The first-order chi connectivity index (χ1) is 12.0. The second kappa shape index (κ2) is 9.13. The van der Waals surface area contributed by atoms with Crippen LogP contribution in [0.4, 0.5) is 0 Å². The highest BCUT2D eigenvalue weighted by atomic mass is 32.2. The van der Waals surface area contributed by atoms with E-state index in [1.165, 1.54) is 17.3 Å². The average molecular weight is 358 g/mol. The molecule has 1 atom stereocenters. The molecule has 0 spiro atoms. The number of carbonyl (C=O) groups is 1. The van der Waals surface area contributed by atoms with Gasteiger partial charge in [0, 0.05) is 4.90 Å². The highest BCUT2D eigenvalue weighted by Crippen LogP contribution is 2.27. The molecule has 0 aromatic heterocycles. The number of carbonyl (C=O) groups excluding carboxylic acids is 1. The Morgan fingerprint density at radius 2 is 1.80 bits per heavy atom. The van der Waals surface area contributed by atoms with Crippen molar-refractivity contribution in [2.24, 2.45) is 5.10 Å². The number of benzene rings is 2. The molecule has 2 aromatic carbocycles. The quantitative estimate of drug-likeness (QED) is 0.466. The van der Waals surface area contributed by atoms with E-state index in [0.29, 0.717) is 11.5 Å². The van der Waals surface area contributed by atoms with Crippen molar-refractivity contribution in [2.75, 3.05) is 14.2 Å². The summed E-state index contributed by atoms with van der Waals surface area (Å²) >= 11 is 1.50. The summed E-state index contributed by atoms with van der Waals surface area (Å²) in [6.07, 6.45) is 1.57. The van der Waals surface area contributed by atoms with Gasteiger partial charge in [0.1, 0.15) is 0 Å². The number of amides is 1. The Labute approximate surface area is 152 Å². The third kappa shape index (κ3) is 5.53. The first-order valence-electron chi connectivity index (χ1n) is 7.81.